The first kappa shape index (κ1) is 11.4. The SMILES string of the molecule is CC(C)CN(CC(C)C)ON=O. The summed E-state index contributed by atoms with van der Waals surface area (Å²) < 4.78 is 0. The second-order valence-electron chi connectivity index (χ2n) is 3.79. The molecular weight excluding hydrogens is 156 g/mol. The van der Waals surface area contributed by atoms with Crippen LogP contribution in [0.5, 0.6) is 0 Å². The van der Waals surface area contributed by atoms with Gasteiger partial charge in [-0.05, 0) is 11.8 Å². The summed E-state index contributed by atoms with van der Waals surface area (Å²) in [7, 11) is 0. The lowest BCUT2D eigenvalue weighted by Crippen LogP contribution is -2.29. The summed E-state index contributed by atoms with van der Waals surface area (Å²) in [5.74, 6) is 0.955. The fourth-order valence-electron chi connectivity index (χ4n) is 1.00. The fraction of sp³-hybridized carbons (Fsp3) is 1.00. The van der Waals surface area contributed by atoms with E-state index in [0.717, 1.165) is 13.1 Å². The van der Waals surface area contributed by atoms with Crippen LogP contribution >= 0.6 is 0 Å². The van der Waals surface area contributed by atoms with Gasteiger partial charge in [-0.1, -0.05) is 27.7 Å². The third kappa shape index (κ3) is 6.09. The zero-order valence-corrected chi connectivity index (χ0v) is 8.28. The van der Waals surface area contributed by atoms with Crippen molar-refractivity contribution in [3.8, 4) is 0 Å². The number of hydrogen-bond acceptors (Lipinski definition) is 4. The molecule has 0 aliphatic carbocycles. The molecule has 0 fully saturated rings. The maximum Gasteiger partial charge on any atom is 0.176 e. The molecule has 4 nitrogen and oxygen atoms in total. The molecule has 0 rings (SSSR count). The van der Waals surface area contributed by atoms with Crippen LogP contribution in [0.1, 0.15) is 27.7 Å². The maximum absolute atomic E-state index is 9.86. The van der Waals surface area contributed by atoms with Crippen molar-refractivity contribution < 1.29 is 4.94 Å². The first-order valence-corrected chi connectivity index (χ1v) is 4.31. The number of hydroxylamine groups is 2. The normalized spacial score (nSPS) is 11.2. The summed E-state index contributed by atoms with van der Waals surface area (Å²) in [5, 5.41) is 4.02. The number of nitrogens with zero attached hydrogens (tertiary/aromatic N) is 2. The summed E-state index contributed by atoms with van der Waals surface area (Å²) in [6.45, 7) is 9.76. The van der Waals surface area contributed by atoms with Crippen LogP contribution in [0.4, 0.5) is 0 Å². The van der Waals surface area contributed by atoms with Crippen molar-refractivity contribution in [3.05, 3.63) is 4.91 Å². The molecule has 72 valence electrons. The minimum atomic E-state index is 0.477. The second-order valence-corrected chi connectivity index (χ2v) is 3.79. The molecule has 0 unspecified atom stereocenters. The van der Waals surface area contributed by atoms with Crippen LogP contribution in [0.2, 0.25) is 0 Å². The van der Waals surface area contributed by atoms with Crippen molar-refractivity contribution in [1.82, 2.24) is 5.06 Å². The van der Waals surface area contributed by atoms with Gasteiger partial charge in [0, 0.05) is 13.1 Å². The maximum atomic E-state index is 9.86. The van der Waals surface area contributed by atoms with E-state index in [2.05, 4.69) is 38.0 Å². The Morgan fingerprint density at radius 1 is 1.17 bits per heavy atom. The van der Waals surface area contributed by atoms with Crippen molar-refractivity contribution in [2.75, 3.05) is 13.1 Å². The van der Waals surface area contributed by atoms with Gasteiger partial charge in [0.1, 0.15) is 0 Å². The van der Waals surface area contributed by atoms with E-state index in [1.54, 1.807) is 5.06 Å². The van der Waals surface area contributed by atoms with E-state index in [0.29, 0.717) is 11.8 Å². The highest BCUT2D eigenvalue weighted by Crippen LogP contribution is 2.04. The molecule has 0 N–H and O–H groups in total. The smallest absolute Gasteiger partial charge is 0.176 e. The van der Waals surface area contributed by atoms with Crippen LogP contribution < -0.4 is 0 Å². The van der Waals surface area contributed by atoms with Gasteiger partial charge in [-0.3, -0.25) is 4.94 Å². The molecule has 0 atom stereocenters. The molecule has 0 saturated carbocycles. The predicted molar refractivity (Wildman–Crippen MR) is 48.1 cm³/mol. The lowest BCUT2D eigenvalue weighted by molar-refractivity contribution is -0.172. The average molecular weight is 174 g/mol. The molecule has 0 aliphatic rings. The minimum absolute atomic E-state index is 0.477. The minimum Gasteiger partial charge on any atom is -0.260 e. The van der Waals surface area contributed by atoms with Crippen LogP contribution in [-0.2, 0) is 4.94 Å². The quantitative estimate of drug-likeness (QED) is 0.458. The van der Waals surface area contributed by atoms with Crippen LogP contribution in [0.3, 0.4) is 0 Å². The molecule has 0 saturated heterocycles. The third-order valence-corrected chi connectivity index (χ3v) is 1.29. The average Bonchev–Trinajstić information content (AvgIpc) is 1.84. The molecule has 0 aromatic heterocycles. The van der Waals surface area contributed by atoms with Gasteiger partial charge in [-0.2, -0.15) is 0 Å². The van der Waals surface area contributed by atoms with Crippen molar-refractivity contribution in [2.45, 2.75) is 27.7 Å². The van der Waals surface area contributed by atoms with Crippen molar-refractivity contribution in [2.24, 2.45) is 17.2 Å². The Balaban J connectivity index is 3.77. The van der Waals surface area contributed by atoms with E-state index in [4.69, 9.17) is 0 Å². The number of hydrogen-bond donors (Lipinski definition) is 0. The molecule has 0 bridgehead atoms. The zero-order valence-electron chi connectivity index (χ0n) is 8.28. The summed E-state index contributed by atoms with van der Waals surface area (Å²) in [6, 6.07) is 0. The van der Waals surface area contributed by atoms with Gasteiger partial charge in [0.15, 0.2) is 5.34 Å². The summed E-state index contributed by atoms with van der Waals surface area (Å²) in [6.07, 6.45) is 0. The highest BCUT2D eigenvalue weighted by atomic mass is 16.9. The second kappa shape index (κ2) is 5.94. The predicted octanol–water partition coefficient (Wildman–Crippen LogP) is 2.21. The van der Waals surface area contributed by atoms with Crippen LogP contribution in [0, 0.1) is 16.7 Å². The number of rotatable bonds is 6. The largest absolute Gasteiger partial charge is 0.260 e. The van der Waals surface area contributed by atoms with Gasteiger partial charge >= 0.3 is 0 Å². The van der Waals surface area contributed by atoms with E-state index in [1.165, 1.54) is 0 Å². The van der Waals surface area contributed by atoms with E-state index in [1.807, 2.05) is 0 Å². The van der Waals surface area contributed by atoms with Crippen molar-refractivity contribution >= 4 is 0 Å². The van der Waals surface area contributed by atoms with E-state index < -0.39 is 0 Å². The highest BCUT2D eigenvalue weighted by Gasteiger charge is 2.10. The molecule has 12 heavy (non-hydrogen) atoms. The van der Waals surface area contributed by atoms with Gasteiger partial charge in [-0.25, -0.2) is 0 Å². The van der Waals surface area contributed by atoms with Gasteiger partial charge in [-0.15, -0.1) is 9.97 Å². The Morgan fingerprint density at radius 2 is 1.58 bits per heavy atom. The fourth-order valence-corrected chi connectivity index (χ4v) is 1.00. The summed E-state index contributed by atoms with van der Waals surface area (Å²) in [4.78, 5) is 14.4. The zero-order chi connectivity index (χ0) is 9.56. The van der Waals surface area contributed by atoms with E-state index >= 15 is 0 Å². The van der Waals surface area contributed by atoms with Gasteiger partial charge < -0.3 is 0 Å². The lowest BCUT2D eigenvalue weighted by atomic mass is 10.2. The van der Waals surface area contributed by atoms with Crippen LogP contribution in [-0.4, -0.2) is 18.2 Å². The molecule has 0 aromatic carbocycles. The van der Waals surface area contributed by atoms with Crippen LogP contribution in [0.25, 0.3) is 0 Å². The van der Waals surface area contributed by atoms with Gasteiger partial charge in [0.05, 0.1) is 0 Å². The first-order chi connectivity index (χ1) is 5.56. The molecular formula is C8H18N2O2. The molecule has 0 radical (unpaired) electrons. The Hall–Kier alpha value is -0.640. The van der Waals surface area contributed by atoms with Gasteiger partial charge in [0.2, 0.25) is 0 Å². The molecule has 0 amide bonds. The third-order valence-electron chi connectivity index (χ3n) is 1.29. The summed E-state index contributed by atoms with van der Waals surface area (Å²) in [5.41, 5.74) is 0. The highest BCUT2D eigenvalue weighted by molar-refractivity contribution is 4.53. The molecule has 0 aliphatic heterocycles. The molecule has 0 heterocycles. The lowest BCUT2D eigenvalue weighted by Gasteiger charge is -2.20. The Labute approximate surface area is 73.8 Å². The Kier molecular flexibility index (Phi) is 5.62. The standard InChI is InChI=1S/C8H18N2O2/c1-7(2)5-10(12-9-11)6-8(3)4/h7-8H,5-6H2,1-4H3. The first-order valence-electron chi connectivity index (χ1n) is 4.31. The van der Waals surface area contributed by atoms with Crippen LogP contribution in [0.15, 0.2) is 5.34 Å². The molecule has 0 spiro atoms. The topological polar surface area (TPSA) is 41.9 Å². The summed E-state index contributed by atoms with van der Waals surface area (Å²) >= 11 is 0. The monoisotopic (exact) mass is 174 g/mol. The molecule has 0 aromatic rings. The van der Waals surface area contributed by atoms with Crippen molar-refractivity contribution in [3.63, 3.8) is 0 Å². The molecule has 4 heteroatoms. The Morgan fingerprint density at radius 3 is 1.83 bits per heavy atom. The van der Waals surface area contributed by atoms with Crippen molar-refractivity contribution in [1.29, 1.82) is 0 Å². The Bertz CT molecular complexity index is 116. The van der Waals surface area contributed by atoms with E-state index in [-0.39, 0.29) is 0 Å². The van der Waals surface area contributed by atoms with Gasteiger partial charge in [0.25, 0.3) is 0 Å². The van der Waals surface area contributed by atoms with E-state index in [9.17, 15) is 4.91 Å².